The highest BCUT2D eigenvalue weighted by molar-refractivity contribution is 6.90. The SMILES string of the molecule is CCC[Si](OC)(OC)OC.C[Si](C)(C)N[Si](C)(C)C. The highest BCUT2D eigenvalue weighted by Crippen LogP contribution is 2.13. The molecule has 0 unspecified atom stereocenters. The van der Waals surface area contributed by atoms with Crippen LogP contribution in [0.2, 0.25) is 45.3 Å². The first-order chi connectivity index (χ1) is 8.45. The van der Waals surface area contributed by atoms with Gasteiger partial charge in [-0.2, -0.15) is 0 Å². The Bertz CT molecular complexity index is 203. The van der Waals surface area contributed by atoms with Crippen LogP contribution in [0.4, 0.5) is 0 Å². The van der Waals surface area contributed by atoms with Crippen molar-refractivity contribution in [2.75, 3.05) is 21.3 Å². The maximum atomic E-state index is 5.17. The summed E-state index contributed by atoms with van der Waals surface area (Å²) in [6.45, 7) is 16.2. The van der Waals surface area contributed by atoms with Gasteiger partial charge in [0.05, 0.1) is 0 Å². The van der Waals surface area contributed by atoms with Gasteiger partial charge >= 0.3 is 8.80 Å². The van der Waals surface area contributed by atoms with E-state index >= 15 is 0 Å². The van der Waals surface area contributed by atoms with E-state index in [4.69, 9.17) is 13.3 Å². The van der Waals surface area contributed by atoms with Crippen molar-refractivity contribution in [3.63, 3.8) is 0 Å². The highest BCUT2D eigenvalue weighted by Gasteiger charge is 2.36. The summed E-state index contributed by atoms with van der Waals surface area (Å²) in [5.41, 5.74) is 0. The molecule has 0 aliphatic carbocycles. The van der Waals surface area contributed by atoms with Crippen LogP contribution in [0.5, 0.6) is 0 Å². The fraction of sp³-hybridized carbons (Fsp3) is 1.00. The summed E-state index contributed by atoms with van der Waals surface area (Å²) in [4.78, 5) is 0. The molecule has 7 heteroatoms. The normalized spacial score (nSPS) is 12.9. The Hall–Kier alpha value is 0.491. The predicted molar refractivity (Wildman–Crippen MR) is 91.7 cm³/mol. The van der Waals surface area contributed by atoms with E-state index in [1.807, 2.05) is 0 Å². The van der Waals surface area contributed by atoms with Crippen LogP contribution in [0, 0.1) is 0 Å². The Morgan fingerprint density at radius 1 is 0.737 bits per heavy atom. The molecule has 0 bridgehead atoms. The van der Waals surface area contributed by atoms with Crippen molar-refractivity contribution in [2.24, 2.45) is 0 Å². The zero-order valence-electron chi connectivity index (χ0n) is 14.6. The van der Waals surface area contributed by atoms with Crippen molar-refractivity contribution in [3.8, 4) is 0 Å². The van der Waals surface area contributed by atoms with E-state index in [1.165, 1.54) is 0 Å². The molecule has 0 aliphatic rings. The molecule has 19 heavy (non-hydrogen) atoms. The van der Waals surface area contributed by atoms with Crippen LogP contribution in [0.1, 0.15) is 13.3 Å². The van der Waals surface area contributed by atoms with Crippen LogP contribution in [-0.2, 0) is 13.3 Å². The number of hydrogen-bond donors (Lipinski definition) is 1. The first kappa shape index (κ1) is 21.8. The lowest BCUT2D eigenvalue weighted by Crippen LogP contribution is -2.55. The van der Waals surface area contributed by atoms with E-state index in [2.05, 4.69) is 50.9 Å². The van der Waals surface area contributed by atoms with Crippen molar-refractivity contribution in [1.82, 2.24) is 4.65 Å². The summed E-state index contributed by atoms with van der Waals surface area (Å²) in [5.74, 6) is 0. The molecule has 0 saturated carbocycles. The molecular formula is C12H35NO3Si3. The Kier molecular flexibility index (Phi) is 10.8. The van der Waals surface area contributed by atoms with Crippen LogP contribution in [0.3, 0.4) is 0 Å². The minimum absolute atomic E-state index is 0.885. The van der Waals surface area contributed by atoms with Gasteiger partial charge in [0.2, 0.25) is 0 Å². The lowest BCUT2D eigenvalue weighted by molar-refractivity contribution is 0.123. The fourth-order valence-corrected chi connectivity index (χ4v) is 12.7. The van der Waals surface area contributed by atoms with Gasteiger partial charge in [0, 0.05) is 27.4 Å². The van der Waals surface area contributed by atoms with Gasteiger partial charge in [-0.1, -0.05) is 52.6 Å². The maximum absolute atomic E-state index is 5.17. The Morgan fingerprint density at radius 3 is 1.11 bits per heavy atom. The molecule has 0 rings (SSSR count). The third kappa shape index (κ3) is 13.2. The zero-order chi connectivity index (χ0) is 15.7. The van der Waals surface area contributed by atoms with E-state index in [0.29, 0.717) is 0 Å². The summed E-state index contributed by atoms with van der Waals surface area (Å²) >= 11 is 0. The van der Waals surface area contributed by atoms with Gasteiger partial charge in [0.15, 0.2) is 0 Å². The predicted octanol–water partition coefficient (Wildman–Crippen LogP) is 3.52. The summed E-state index contributed by atoms with van der Waals surface area (Å²) < 4.78 is 19.2. The summed E-state index contributed by atoms with van der Waals surface area (Å²) in [5, 5.41) is 0. The van der Waals surface area contributed by atoms with E-state index in [0.717, 1.165) is 12.5 Å². The Balaban J connectivity index is 0. The molecule has 4 nitrogen and oxygen atoms in total. The standard InChI is InChI=1S/C6H19NSi2.C6H16O3Si/c1-8(2,3)7-9(4,5)6;1-5-6-10(7-2,8-3)9-4/h7H,1-6H3;5-6H2,1-4H3. The molecule has 0 radical (unpaired) electrons. The molecule has 118 valence electrons. The van der Waals surface area contributed by atoms with E-state index < -0.39 is 25.3 Å². The largest absolute Gasteiger partial charge is 0.500 e. The van der Waals surface area contributed by atoms with Gasteiger partial charge in [-0.25, -0.2) is 0 Å². The smallest absolute Gasteiger partial charge is 0.377 e. The number of rotatable bonds is 7. The second-order valence-electron chi connectivity index (χ2n) is 6.67. The first-order valence-corrected chi connectivity index (χ1v) is 15.8. The van der Waals surface area contributed by atoms with Gasteiger partial charge in [-0.05, 0) is 0 Å². The number of nitrogens with one attached hydrogen (secondary N) is 1. The highest BCUT2D eigenvalue weighted by atomic mass is 28.4. The van der Waals surface area contributed by atoms with Crippen molar-refractivity contribution in [1.29, 1.82) is 0 Å². The van der Waals surface area contributed by atoms with Gasteiger partial charge in [-0.3, -0.25) is 0 Å². The van der Waals surface area contributed by atoms with Gasteiger partial charge < -0.3 is 17.9 Å². The quantitative estimate of drug-likeness (QED) is 0.727. The van der Waals surface area contributed by atoms with Crippen molar-refractivity contribution < 1.29 is 13.3 Å². The van der Waals surface area contributed by atoms with Crippen LogP contribution in [0.15, 0.2) is 0 Å². The van der Waals surface area contributed by atoms with Crippen molar-refractivity contribution >= 4 is 25.3 Å². The lowest BCUT2D eigenvalue weighted by atomic mass is 10.6. The average molecular weight is 326 g/mol. The summed E-state index contributed by atoms with van der Waals surface area (Å²) in [6.07, 6.45) is 1.03. The number of hydrogen-bond acceptors (Lipinski definition) is 4. The molecule has 0 amide bonds. The van der Waals surface area contributed by atoms with Crippen molar-refractivity contribution in [3.05, 3.63) is 0 Å². The topological polar surface area (TPSA) is 39.7 Å². The maximum Gasteiger partial charge on any atom is 0.500 e. The zero-order valence-corrected chi connectivity index (χ0v) is 17.6. The monoisotopic (exact) mass is 325 g/mol. The van der Waals surface area contributed by atoms with Gasteiger partial charge in [-0.15, -0.1) is 0 Å². The summed E-state index contributed by atoms with van der Waals surface area (Å²) in [7, 11) is 0.722. The van der Waals surface area contributed by atoms with Crippen LogP contribution in [-0.4, -0.2) is 46.6 Å². The molecule has 0 aromatic rings. The molecule has 0 heterocycles. The molecule has 0 spiro atoms. The molecule has 0 aromatic heterocycles. The first-order valence-electron chi connectivity index (χ1n) is 6.90. The van der Waals surface area contributed by atoms with Crippen molar-refractivity contribution in [2.45, 2.75) is 58.7 Å². The summed E-state index contributed by atoms with van der Waals surface area (Å²) in [6, 6.07) is 0.885. The third-order valence-corrected chi connectivity index (χ3v) is 11.2. The second-order valence-corrected chi connectivity index (χ2v) is 19.8. The van der Waals surface area contributed by atoms with Crippen LogP contribution in [0.25, 0.3) is 0 Å². The van der Waals surface area contributed by atoms with Crippen LogP contribution >= 0.6 is 0 Å². The second kappa shape index (κ2) is 9.43. The molecule has 0 atom stereocenters. The molecule has 0 saturated heterocycles. The van der Waals surface area contributed by atoms with Gasteiger partial charge in [0.1, 0.15) is 16.5 Å². The van der Waals surface area contributed by atoms with E-state index in [1.54, 1.807) is 21.3 Å². The third-order valence-electron chi connectivity index (χ3n) is 2.24. The molecule has 0 aromatic carbocycles. The molecule has 1 N–H and O–H groups in total. The van der Waals surface area contributed by atoms with E-state index in [9.17, 15) is 0 Å². The van der Waals surface area contributed by atoms with E-state index in [-0.39, 0.29) is 0 Å². The van der Waals surface area contributed by atoms with Crippen LogP contribution < -0.4 is 4.65 Å². The average Bonchev–Trinajstić information content (AvgIpc) is 2.22. The molecular weight excluding hydrogens is 290 g/mol. The van der Waals surface area contributed by atoms with Gasteiger partial charge in [0.25, 0.3) is 0 Å². The fourth-order valence-electron chi connectivity index (χ4n) is 1.99. The lowest BCUT2D eigenvalue weighted by Gasteiger charge is -2.28. The molecule has 0 aliphatic heterocycles. The molecule has 0 fully saturated rings. The Labute approximate surface area is 123 Å². The minimum atomic E-state index is -2.22. The minimum Gasteiger partial charge on any atom is -0.377 e. The Morgan fingerprint density at radius 2 is 1.05 bits per heavy atom.